The van der Waals surface area contributed by atoms with E-state index >= 15 is 0 Å². The number of rotatable bonds is 4. The third-order valence-corrected chi connectivity index (χ3v) is 5.18. The Morgan fingerprint density at radius 3 is 2.52 bits per heavy atom. The molecule has 1 heterocycles. The Balaban J connectivity index is 1.81. The van der Waals surface area contributed by atoms with Gasteiger partial charge in [-0.05, 0) is 11.6 Å². The molecule has 0 saturated carbocycles. The van der Waals surface area contributed by atoms with Gasteiger partial charge < -0.3 is 9.84 Å². The Labute approximate surface area is 148 Å². The Bertz CT molecular complexity index is 771. The van der Waals surface area contributed by atoms with Crippen LogP contribution in [0.15, 0.2) is 54.6 Å². The molecule has 130 valence electrons. The summed E-state index contributed by atoms with van der Waals surface area (Å²) >= 11 is 1.21. The van der Waals surface area contributed by atoms with Crippen LogP contribution in [0.25, 0.3) is 0 Å². The fourth-order valence-corrected chi connectivity index (χ4v) is 4.06. The van der Waals surface area contributed by atoms with Crippen LogP contribution in [0, 0.1) is 5.82 Å². The number of halogens is 1. The number of carboxylic acid groups (broad SMARTS) is 1. The van der Waals surface area contributed by atoms with E-state index in [9.17, 15) is 19.1 Å². The zero-order valence-electron chi connectivity index (χ0n) is 13.2. The van der Waals surface area contributed by atoms with E-state index in [1.807, 2.05) is 18.2 Å². The summed E-state index contributed by atoms with van der Waals surface area (Å²) in [5.41, 5.74) is 1.06. The molecule has 2 aromatic carbocycles. The Morgan fingerprint density at radius 2 is 1.84 bits per heavy atom. The lowest BCUT2D eigenvalue weighted by Gasteiger charge is -2.27. The first-order valence-electron chi connectivity index (χ1n) is 7.66. The Hall–Kier alpha value is -2.54. The molecule has 0 bridgehead atoms. The predicted octanol–water partition coefficient (Wildman–Crippen LogP) is 3.66. The lowest BCUT2D eigenvalue weighted by molar-refractivity contribution is -0.141. The molecule has 0 aromatic heterocycles. The second kappa shape index (κ2) is 7.57. The summed E-state index contributed by atoms with van der Waals surface area (Å²) in [6, 6.07) is 14.1. The second-order valence-electron chi connectivity index (χ2n) is 5.51. The predicted molar refractivity (Wildman–Crippen MR) is 91.5 cm³/mol. The van der Waals surface area contributed by atoms with Gasteiger partial charge in [-0.15, -0.1) is 11.8 Å². The van der Waals surface area contributed by atoms with Gasteiger partial charge in [0.15, 0.2) is 0 Å². The number of thioether (sulfide) groups is 1. The lowest BCUT2D eigenvalue weighted by atomic mass is 10.1. The standard InChI is InChI=1S/C18H16FNO4S/c19-14-9-5-4-8-13(14)16-20(15(11-25-16)17(21)22)18(23)24-10-12-6-2-1-3-7-12/h1-9,15-16H,10-11H2,(H,21,22). The van der Waals surface area contributed by atoms with E-state index in [-0.39, 0.29) is 17.9 Å². The van der Waals surface area contributed by atoms with Crippen LogP contribution in [-0.2, 0) is 16.1 Å². The molecular formula is C18H16FNO4S. The van der Waals surface area contributed by atoms with Crippen LogP contribution in [0.3, 0.4) is 0 Å². The molecule has 1 fully saturated rings. The highest BCUT2D eigenvalue weighted by atomic mass is 32.2. The SMILES string of the molecule is O=C(O)C1CSC(c2ccccc2F)N1C(=O)OCc1ccccc1. The normalized spacial score (nSPS) is 19.6. The van der Waals surface area contributed by atoms with Gasteiger partial charge in [0, 0.05) is 11.3 Å². The molecule has 5 nitrogen and oxygen atoms in total. The van der Waals surface area contributed by atoms with Crippen molar-refractivity contribution < 1.29 is 23.8 Å². The minimum absolute atomic E-state index is 0.0250. The van der Waals surface area contributed by atoms with Crippen molar-refractivity contribution in [3.63, 3.8) is 0 Å². The van der Waals surface area contributed by atoms with Gasteiger partial charge in [-0.2, -0.15) is 0 Å². The molecule has 1 aliphatic heterocycles. The first-order valence-corrected chi connectivity index (χ1v) is 8.70. The van der Waals surface area contributed by atoms with Crippen molar-refractivity contribution in [3.8, 4) is 0 Å². The van der Waals surface area contributed by atoms with Gasteiger partial charge in [0.25, 0.3) is 0 Å². The Kier molecular flexibility index (Phi) is 5.23. The van der Waals surface area contributed by atoms with Crippen molar-refractivity contribution in [2.75, 3.05) is 5.75 Å². The van der Waals surface area contributed by atoms with E-state index in [4.69, 9.17) is 4.74 Å². The van der Waals surface area contributed by atoms with Crippen LogP contribution in [0.1, 0.15) is 16.5 Å². The van der Waals surface area contributed by atoms with Crippen molar-refractivity contribution in [1.82, 2.24) is 4.90 Å². The number of ether oxygens (including phenoxy) is 1. The molecular weight excluding hydrogens is 345 g/mol. The molecule has 2 aromatic rings. The molecule has 3 rings (SSSR count). The molecule has 1 aliphatic rings. The van der Waals surface area contributed by atoms with E-state index in [1.165, 1.54) is 17.8 Å². The number of hydrogen-bond donors (Lipinski definition) is 1. The minimum atomic E-state index is -1.14. The van der Waals surface area contributed by atoms with Gasteiger partial charge in [0.1, 0.15) is 23.8 Å². The van der Waals surface area contributed by atoms with E-state index in [0.717, 1.165) is 10.5 Å². The molecule has 0 aliphatic carbocycles. The topological polar surface area (TPSA) is 66.8 Å². The largest absolute Gasteiger partial charge is 0.480 e. The quantitative estimate of drug-likeness (QED) is 0.900. The number of amides is 1. The molecule has 1 amide bonds. The third-order valence-electron chi connectivity index (χ3n) is 3.87. The monoisotopic (exact) mass is 361 g/mol. The number of aliphatic carboxylic acids is 1. The fourth-order valence-electron chi connectivity index (χ4n) is 2.63. The molecule has 2 unspecified atom stereocenters. The molecule has 25 heavy (non-hydrogen) atoms. The number of nitrogens with zero attached hydrogens (tertiary/aromatic N) is 1. The van der Waals surface area contributed by atoms with Crippen molar-refractivity contribution >= 4 is 23.8 Å². The van der Waals surface area contributed by atoms with E-state index in [1.54, 1.807) is 30.3 Å². The summed E-state index contributed by atoms with van der Waals surface area (Å²) in [4.78, 5) is 25.1. The number of benzene rings is 2. The Morgan fingerprint density at radius 1 is 1.16 bits per heavy atom. The number of carbonyl (C=O) groups excluding carboxylic acids is 1. The molecule has 1 N–H and O–H groups in total. The lowest BCUT2D eigenvalue weighted by Crippen LogP contribution is -2.43. The van der Waals surface area contributed by atoms with Crippen molar-refractivity contribution in [2.45, 2.75) is 18.0 Å². The molecule has 1 saturated heterocycles. The molecule has 0 radical (unpaired) electrons. The van der Waals surface area contributed by atoms with E-state index in [0.29, 0.717) is 0 Å². The van der Waals surface area contributed by atoms with Crippen LogP contribution in [-0.4, -0.2) is 33.9 Å². The van der Waals surface area contributed by atoms with Gasteiger partial charge in [0.05, 0.1) is 0 Å². The molecule has 0 spiro atoms. The van der Waals surface area contributed by atoms with Gasteiger partial charge in [-0.25, -0.2) is 14.0 Å². The van der Waals surface area contributed by atoms with Crippen molar-refractivity contribution in [3.05, 3.63) is 71.5 Å². The average Bonchev–Trinajstić information content (AvgIpc) is 3.06. The number of hydrogen-bond acceptors (Lipinski definition) is 4. The second-order valence-corrected chi connectivity index (χ2v) is 6.62. The maximum Gasteiger partial charge on any atom is 0.412 e. The van der Waals surface area contributed by atoms with Gasteiger partial charge in [0.2, 0.25) is 0 Å². The zero-order valence-corrected chi connectivity index (χ0v) is 14.0. The highest BCUT2D eigenvalue weighted by molar-refractivity contribution is 7.99. The summed E-state index contributed by atoms with van der Waals surface area (Å²) in [6.07, 6.45) is -0.769. The van der Waals surface area contributed by atoms with E-state index in [2.05, 4.69) is 0 Å². The van der Waals surface area contributed by atoms with E-state index < -0.39 is 29.3 Å². The van der Waals surface area contributed by atoms with Gasteiger partial charge in [-0.1, -0.05) is 48.5 Å². The molecule has 7 heteroatoms. The summed E-state index contributed by atoms with van der Waals surface area (Å²) in [7, 11) is 0. The minimum Gasteiger partial charge on any atom is -0.480 e. The maximum absolute atomic E-state index is 14.1. The fraction of sp³-hybridized carbons (Fsp3) is 0.222. The first-order chi connectivity index (χ1) is 12.1. The summed E-state index contributed by atoms with van der Waals surface area (Å²) in [5.74, 6) is -1.44. The summed E-state index contributed by atoms with van der Waals surface area (Å²) in [6.45, 7) is 0.0250. The number of carbonyl (C=O) groups is 2. The van der Waals surface area contributed by atoms with Crippen LogP contribution >= 0.6 is 11.8 Å². The van der Waals surface area contributed by atoms with Gasteiger partial charge in [-0.3, -0.25) is 4.90 Å². The first kappa shape index (κ1) is 17.3. The van der Waals surface area contributed by atoms with Crippen LogP contribution in [0.5, 0.6) is 0 Å². The van der Waals surface area contributed by atoms with Crippen LogP contribution in [0.2, 0.25) is 0 Å². The van der Waals surface area contributed by atoms with Crippen molar-refractivity contribution in [2.24, 2.45) is 0 Å². The summed E-state index contributed by atoms with van der Waals surface area (Å²) in [5, 5.41) is 8.66. The smallest absolute Gasteiger partial charge is 0.412 e. The maximum atomic E-state index is 14.1. The number of carboxylic acids is 1. The van der Waals surface area contributed by atoms with Crippen molar-refractivity contribution in [1.29, 1.82) is 0 Å². The summed E-state index contributed by atoms with van der Waals surface area (Å²) < 4.78 is 19.4. The highest BCUT2D eigenvalue weighted by Crippen LogP contribution is 2.42. The third kappa shape index (κ3) is 3.76. The highest BCUT2D eigenvalue weighted by Gasteiger charge is 2.44. The van der Waals surface area contributed by atoms with Gasteiger partial charge >= 0.3 is 12.1 Å². The molecule has 2 atom stereocenters. The van der Waals surface area contributed by atoms with Crippen LogP contribution in [0.4, 0.5) is 9.18 Å². The van der Waals surface area contributed by atoms with Crippen LogP contribution < -0.4 is 0 Å². The zero-order chi connectivity index (χ0) is 17.8. The average molecular weight is 361 g/mol.